The first kappa shape index (κ1) is 14.9. The number of phenolic OH excluding ortho intramolecular Hbond substituents is 2. The van der Waals surface area contributed by atoms with E-state index in [0.717, 1.165) is 17.8 Å². The van der Waals surface area contributed by atoms with Crippen LogP contribution >= 0.6 is 11.8 Å². The minimum atomic E-state index is -1.32. The number of hydrogen-bond donors (Lipinski definition) is 3. The molecule has 0 unspecified atom stereocenters. The number of aliphatic carboxylic acids is 1. The van der Waals surface area contributed by atoms with Crippen LogP contribution in [0.25, 0.3) is 0 Å². The van der Waals surface area contributed by atoms with E-state index in [1.807, 2.05) is 0 Å². The smallest absolute Gasteiger partial charge is 0.239 e. The summed E-state index contributed by atoms with van der Waals surface area (Å²) in [7, 11) is 0. The van der Waals surface area contributed by atoms with Gasteiger partial charge in [0.1, 0.15) is 11.5 Å². The molecule has 0 aliphatic carbocycles. The highest BCUT2D eigenvalue weighted by atomic mass is 32.2. The topological polar surface area (TPSA) is 134 Å². The summed E-state index contributed by atoms with van der Waals surface area (Å²) in [6.45, 7) is 0. The Hall–Kier alpha value is -2.55. The van der Waals surface area contributed by atoms with E-state index in [2.05, 4.69) is 15.5 Å². The second-order valence-corrected chi connectivity index (χ2v) is 5.26. The maximum Gasteiger partial charge on any atom is 0.239 e. The number of phenols is 2. The van der Waals surface area contributed by atoms with Crippen molar-refractivity contribution in [3.8, 4) is 11.5 Å². The number of carboxylic acids is 1. The number of carbonyl (C=O) groups excluding carboxylic acids is 2. The second-order valence-electron chi connectivity index (χ2n) is 4.06. The number of benzene rings is 1. The van der Waals surface area contributed by atoms with E-state index in [4.69, 9.17) is 5.11 Å². The second kappa shape index (κ2) is 6.27. The fourth-order valence-corrected chi connectivity index (χ4v) is 2.43. The number of amides is 1. The van der Waals surface area contributed by atoms with E-state index in [-0.39, 0.29) is 16.7 Å². The molecule has 8 nitrogen and oxygen atoms in total. The van der Waals surface area contributed by atoms with Crippen LogP contribution in [0.15, 0.2) is 28.4 Å². The van der Waals surface area contributed by atoms with E-state index in [9.17, 15) is 19.8 Å². The van der Waals surface area contributed by atoms with Gasteiger partial charge in [0.15, 0.2) is 5.17 Å². The molecule has 1 amide bonds. The summed E-state index contributed by atoms with van der Waals surface area (Å²) in [5.41, 5.74) is 0.331. The van der Waals surface area contributed by atoms with Gasteiger partial charge in [-0.3, -0.25) is 4.79 Å². The average molecular weight is 308 g/mol. The highest BCUT2D eigenvalue weighted by molar-refractivity contribution is 8.15. The fourth-order valence-electron chi connectivity index (χ4n) is 1.52. The standard InChI is InChI=1S/C12H11N3O5S/c16-7-2-1-6(8(17)3-7)5-13-15-12-14-11(20)9(21-12)4-10(18)19/h1-3,5,9,16-17H,4H2,(H,18,19)(H,14,15,20)/p-1/b13-5+/t9-/m1/s1. The molecule has 3 N–H and O–H groups in total. The molecule has 0 bridgehead atoms. The Labute approximate surface area is 123 Å². The lowest BCUT2D eigenvalue weighted by molar-refractivity contribution is -0.305. The third kappa shape index (κ3) is 3.96. The van der Waals surface area contributed by atoms with E-state index in [1.165, 1.54) is 18.3 Å². The molecular weight excluding hydrogens is 298 g/mol. The average Bonchev–Trinajstić information content (AvgIpc) is 2.72. The van der Waals surface area contributed by atoms with Crippen molar-refractivity contribution < 1.29 is 24.9 Å². The number of rotatable bonds is 4. The summed E-state index contributed by atoms with van der Waals surface area (Å²) in [5, 5.41) is 38.3. The molecule has 0 aromatic heterocycles. The Balaban J connectivity index is 2.03. The van der Waals surface area contributed by atoms with Gasteiger partial charge in [0.05, 0.1) is 11.5 Å². The number of amidine groups is 1. The van der Waals surface area contributed by atoms with Gasteiger partial charge in [0.2, 0.25) is 5.91 Å². The molecule has 1 saturated heterocycles. The number of carboxylic acid groups (broad SMARTS) is 1. The largest absolute Gasteiger partial charge is 0.550 e. The van der Waals surface area contributed by atoms with Crippen molar-refractivity contribution in [3.05, 3.63) is 23.8 Å². The van der Waals surface area contributed by atoms with E-state index >= 15 is 0 Å². The molecule has 1 heterocycles. The molecule has 1 aromatic carbocycles. The van der Waals surface area contributed by atoms with Gasteiger partial charge in [-0.25, -0.2) is 0 Å². The molecule has 1 atom stereocenters. The summed E-state index contributed by atoms with van der Waals surface area (Å²) in [6.07, 6.45) is 0.832. The van der Waals surface area contributed by atoms with Gasteiger partial charge < -0.3 is 25.4 Å². The van der Waals surface area contributed by atoms with Crippen LogP contribution in [0.3, 0.4) is 0 Å². The van der Waals surface area contributed by atoms with Crippen molar-refractivity contribution in [2.75, 3.05) is 0 Å². The monoisotopic (exact) mass is 308 g/mol. The van der Waals surface area contributed by atoms with E-state index in [1.54, 1.807) is 0 Å². The molecule has 1 aliphatic heterocycles. The molecule has 0 saturated carbocycles. The molecule has 0 spiro atoms. The molecule has 1 aliphatic rings. The summed E-state index contributed by atoms with van der Waals surface area (Å²) in [5.74, 6) is -2.04. The van der Waals surface area contributed by atoms with Gasteiger partial charge >= 0.3 is 0 Å². The summed E-state index contributed by atoms with van der Waals surface area (Å²) in [4.78, 5) is 21.9. The quantitative estimate of drug-likeness (QED) is 0.490. The van der Waals surface area contributed by atoms with Crippen molar-refractivity contribution in [2.24, 2.45) is 10.2 Å². The minimum absolute atomic E-state index is 0.0836. The third-order valence-corrected chi connectivity index (χ3v) is 3.56. The maximum absolute atomic E-state index is 11.4. The molecule has 1 fully saturated rings. The zero-order chi connectivity index (χ0) is 15.4. The van der Waals surface area contributed by atoms with Crippen LogP contribution in [0.1, 0.15) is 12.0 Å². The van der Waals surface area contributed by atoms with E-state index < -0.39 is 23.5 Å². The summed E-state index contributed by atoms with van der Waals surface area (Å²) in [6, 6.07) is 3.96. The zero-order valence-corrected chi connectivity index (χ0v) is 11.3. The van der Waals surface area contributed by atoms with Crippen LogP contribution in [0.5, 0.6) is 11.5 Å². The van der Waals surface area contributed by atoms with Crippen LogP contribution in [-0.4, -0.2) is 38.7 Å². The van der Waals surface area contributed by atoms with Gasteiger partial charge in [-0.05, 0) is 12.1 Å². The summed E-state index contributed by atoms with van der Waals surface area (Å²) >= 11 is 0.941. The van der Waals surface area contributed by atoms with Gasteiger partial charge in [0, 0.05) is 24.0 Å². The van der Waals surface area contributed by atoms with Crippen LogP contribution in [0.4, 0.5) is 0 Å². The minimum Gasteiger partial charge on any atom is -0.550 e. The molecule has 0 radical (unpaired) electrons. The number of nitrogens with one attached hydrogen (secondary N) is 1. The maximum atomic E-state index is 11.4. The zero-order valence-electron chi connectivity index (χ0n) is 10.5. The number of carbonyl (C=O) groups is 2. The SMILES string of the molecule is O=C([O-])C[C@H]1S/C(=N\N=C\c2ccc(O)cc2O)NC1=O. The van der Waals surface area contributed by atoms with Gasteiger partial charge in [-0.1, -0.05) is 11.8 Å². The van der Waals surface area contributed by atoms with E-state index in [0.29, 0.717) is 5.56 Å². The van der Waals surface area contributed by atoms with Crippen molar-refractivity contribution in [3.63, 3.8) is 0 Å². The van der Waals surface area contributed by atoms with Crippen LogP contribution in [0.2, 0.25) is 0 Å². The van der Waals surface area contributed by atoms with Crippen LogP contribution in [0, 0.1) is 0 Å². The Morgan fingerprint density at radius 1 is 1.48 bits per heavy atom. The Kier molecular flexibility index (Phi) is 4.43. The van der Waals surface area contributed by atoms with Crippen molar-refractivity contribution in [1.82, 2.24) is 5.32 Å². The van der Waals surface area contributed by atoms with Crippen molar-refractivity contribution >= 4 is 35.0 Å². The lowest BCUT2D eigenvalue weighted by Gasteiger charge is -2.04. The first-order valence-electron chi connectivity index (χ1n) is 5.76. The lowest BCUT2D eigenvalue weighted by atomic mass is 10.2. The molecule has 2 rings (SSSR count). The molecular formula is C12H10N3O5S-. The molecule has 21 heavy (non-hydrogen) atoms. The Morgan fingerprint density at radius 3 is 2.90 bits per heavy atom. The number of hydrogen-bond acceptors (Lipinski definition) is 8. The van der Waals surface area contributed by atoms with Crippen molar-refractivity contribution in [2.45, 2.75) is 11.7 Å². The Bertz CT molecular complexity index is 644. The van der Waals surface area contributed by atoms with Gasteiger partial charge in [-0.2, -0.15) is 5.10 Å². The molecule has 9 heteroatoms. The molecule has 1 aromatic rings. The predicted molar refractivity (Wildman–Crippen MR) is 73.9 cm³/mol. The Morgan fingerprint density at radius 2 is 2.24 bits per heavy atom. The van der Waals surface area contributed by atoms with Crippen molar-refractivity contribution in [1.29, 1.82) is 0 Å². The number of thioether (sulfide) groups is 1. The number of nitrogens with zero attached hydrogens (tertiary/aromatic N) is 2. The fraction of sp³-hybridized carbons (Fsp3) is 0.167. The molecule has 110 valence electrons. The third-order valence-electron chi connectivity index (χ3n) is 2.49. The highest BCUT2D eigenvalue weighted by Crippen LogP contribution is 2.23. The number of aromatic hydroxyl groups is 2. The van der Waals surface area contributed by atoms with Gasteiger partial charge in [0.25, 0.3) is 0 Å². The first-order chi connectivity index (χ1) is 9.95. The first-order valence-corrected chi connectivity index (χ1v) is 6.64. The predicted octanol–water partition coefficient (Wildman–Crippen LogP) is -0.841. The highest BCUT2D eigenvalue weighted by Gasteiger charge is 2.30. The van der Waals surface area contributed by atoms with Gasteiger partial charge in [-0.15, -0.1) is 5.10 Å². The van der Waals surface area contributed by atoms with Crippen LogP contribution < -0.4 is 10.4 Å². The van der Waals surface area contributed by atoms with Crippen LogP contribution in [-0.2, 0) is 9.59 Å². The summed E-state index contributed by atoms with van der Waals surface area (Å²) < 4.78 is 0. The normalized spacial score (nSPS) is 20.1. The lowest BCUT2D eigenvalue weighted by Crippen LogP contribution is -2.31.